The lowest BCUT2D eigenvalue weighted by atomic mass is 10.1. The first-order chi connectivity index (χ1) is 8.53. The van der Waals surface area contributed by atoms with Crippen molar-refractivity contribution in [3.8, 4) is 0 Å². The summed E-state index contributed by atoms with van der Waals surface area (Å²) in [5, 5.41) is 0. The highest BCUT2D eigenvalue weighted by atomic mass is 32.2. The minimum absolute atomic E-state index is 0.0810. The van der Waals surface area contributed by atoms with E-state index < -0.39 is 9.84 Å². The molecule has 1 fully saturated rings. The highest BCUT2D eigenvalue weighted by molar-refractivity contribution is 7.91. The largest absolute Gasteiger partial charge is 0.335 e. The first-order valence-electron chi connectivity index (χ1n) is 5.95. The molecule has 1 aliphatic rings. The lowest BCUT2D eigenvalue weighted by Crippen LogP contribution is -2.40. The Labute approximate surface area is 107 Å². The summed E-state index contributed by atoms with van der Waals surface area (Å²) in [6, 6.07) is 3.10. The van der Waals surface area contributed by atoms with E-state index in [4.69, 9.17) is 0 Å². The standard InChI is InChI=1S/C12H16N2O3S/c1-2-14(11-5-8-18(16,17)9-11)12(15)10-3-6-13-7-4-10/h3-4,6-7,11H,2,5,8-9H2,1H3. The van der Waals surface area contributed by atoms with Crippen molar-refractivity contribution in [3.63, 3.8) is 0 Å². The second-order valence-corrected chi connectivity index (χ2v) is 6.61. The van der Waals surface area contributed by atoms with Crippen LogP contribution in [-0.4, -0.2) is 48.3 Å². The van der Waals surface area contributed by atoms with Crippen LogP contribution in [0.3, 0.4) is 0 Å². The van der Waals surface area contributed by atoms with Crippen molar-refractivity contribution in [2.24, 2.45) is 0 Å². The number of carbonyl (C=O) groups is 1. The Balaban J connectivity index is 2.17. The maximum absolute atomic E-state index is 12.3. The molecule has 2 heterocycles. The summed E-state index contributed by atoms with van der Waals surface area (Å²) in [4.78, 5) is 17.8. The summed E-state index contributed by atoms with van der Waals surface area (Å²) in [5.74, 6) is 0.136. The Morgan fingerprint density at radius 1 is 1.44 bits per heavy atom. The van der Waals surface area contributed by atoms with E-state index in [0.717, 1.165) is 0 Å². The molecule has 0 aromatic carbocycles. The van der Waals surface area contributed by atoms with Crippen LogP contribution in [0.5, 0.6) is 0 Å². The number of pyridine rings is 1. The van der Waals surface area contributed by atoms with E-state index in [-0.39, 0.29) is 23.5 Å². The third-order valence-corrected chi connectivity index (χ3v) is 4.93. The van der Waals surface area contributed by atoms with Crippen LogP contribution < -0.4 is 0 Å². The predicted octanol–water partition coefficient (Wildman–Crippen LogP) is 0.731. The van der Waals surface area contributed by atoms with Gasteiger partial charge in [0.2, 0.25) is 0 Å². The molecule has 98 valence electrons. The Bertz CT molecular complexity index is 528. The molecule has 0 aliphatic carbocycles. The van der Waals surface area contributed by atoms with Gasteiger partial charge in [0.25, 0.3) is 5.91 Å². The smallest absolute Gasteiger partial charge is 0.254 e. The second kappa shape index (κ2) is 5.06. The van der Waals surface area contributed by atoms with Crippen LogP contribution >= 0.6 is 0 Å². The monoisotopic (exact) mass is 268 g/mol. The van der Waals surface area contributed by atoms with Gasteiger partial charge >= 0.3 is 0 Å². The van der Waals surface area contributed by atoms with Gasteiger partial charge in [0.1, 0.15) is 0 Å². The topological polar surface area (TPSA) is 67.3 Å². The predicted molar refractivity (Wildman–Crippen MR) is 68.0 cm³/mol. The lowest BCUT2D eigenvalue weighted by molar-refractivity contribution is 0.0708. The van der Waals surface area contributed by atoms with Crippen LogP contribution in [0.1, 0.15) is 23.7 Å². The molecule has 18 heavy (non-hydrogen) atoms. The zero-order valence-corrected chi connectivity index (χ0v) is 11.1. The highest BCUT2D eigenvalue weighted by Crippen LogP contribution is 2.19. The molecular formula is C12H16N2O3S. The van der Waals surface area contributed by atoms with E-state index in [0.29, 0.717) is 18.5 Å². The molecule has 1 aliphatic heterocycles. The third-order valence-electron chi connectivity index (χ3n) is 3.18. The van der Waals surface area contributed by atoms with Gasteiger partial charge in [-0.1, -0.05) is 0 Å². The summed E-state index contributed by atoms with van der Waals surface area (Å²) >= 11 is 0. The fraction of sp³-hybridized carbons (Fsp3) is 0.500. The number of aromatic nitrogens is 1. The SMILES string of the molecule is CCN(C(=O)c1ccncc1)C1CCS(=O)(=O)C1. The van der Waals surface area contributed by atoms with E-state index in [9.17, 15) is 13.2 Å². The summed E-state index contributed by atoms with van der Waals surface area (Å²) < 4.78 is 22.9. The summed E-state index contributed by atoms with van der Waals surface area (Å²) in [5.41, 5.74) is 0.552. The summed E-state index contributed by atoms with van der Waals surface area (Å²) in [6.45, 7) is 2.38. The van der Waals surface area contributed by atoms with Crippen molar-refractivity contribution in [3.05, 3.63) is 30.1 Å². The van der Waals surface area contributed by atoms with Gasteiger partial charge in [-0.3, -0.25) is 9.78 Å². The van der Waals surface area contributed by atoms with Crippen LogP contribution in [0.2, 0.25) is 0 Å². The van der Waals surface area contributed by atoms with Gasteiger partial charge in [-0.05, 0) is 25.5 Å². The van der Waals surface area contributed by atoms with Crippen LogP contribution in [-0.2, 0) is 9.84 Å². The Hall–Kier alpha value is -1.43. The molecule has 1 atom stereocenters. The molecule has 5 nitrogen and oxygen atoms in total. The first-order valence-corrected chi connectivity index (χ1v) is 7.77. The minimum atomic E-state index is -2.97. The maximum atomic E-state index is 12.3. The zero-order valence-electron chi connectivity index (χ0n) is 10.2. The molecule has 1 aromatic rings. The maximum Gasteiger partial charge on any atom is 0.254 e. The van der Waals surface area contributed by atoms with Crippen molar-refractivity contribution in [1.82, 2.24) is 9.88 Å². The number of rotatable bonds is 3. The van der Waals surface area contributed by atoms with Gasteiger partial charge in [0, 0.05) is 30.5 Å². The molecule has 1 amide bonds. The van der Waals surface area contributed by atoms with E-state index in [1.165, 1.54) is 0 Å². The Morgan fingerprint density at radius 3 is 2.61 bits per heavy atom. The fourth-order valence-electron chi connectivity index (χ4n) is 2.25. The van der Waals surface area contributed by atoms with Crippen molar-refractivity contribution in [2.75, 3.05) is 18.1 Å². The van der Waals surface area contributed by atoms with Crippen molar-refractivity contribution in [1.29, 1.82) is 0 Å². The fourth-order valence-corrected chi connectivity index (χ4v) is 3.98. The Morgan fingerprint density at radius 2 is 2.11 bits per heavy atom. The molecule has 0 N–H and O–H groups in total. The third kappa shape index (κ3) is 2.69. The van der Waals surface area contributed by atoms with E-state index in [1.807, 2.05) is 6.92 Å². The molecule has 0 saturated carbocycles. The second-order valence-electron chi connectivity index (χ2n) is 4.38. The molecule has 2 rings (SSSR count). The zero-order chi connectivity index (χ0) is 13.2. The molecule has 0 spiro atoms. The van der Waals surface area contributed by atoms with E-state index in [1.54, 1.807) is 29.4 Å². The van der Waals surface area contributed by atoms with Crippen molar-refractivity contribution < 1.29 is 13.2 Å². The van der Waals surface area contributed by atoms with Gasteiger partial charge in [0.15, 0.2) is 9.84 Å². The molecule has 1 unspecified atom stereocenters. The van der Waals surface area contributed by atoms with Gasteiger partial charge < -0.3 is 4.90 Å². The van der Waals surface area contributed by atoms with Gasteiger partial charge in [0.05, 0.1) is 11.5 Å². The molecule has 0 radical (unpaired) electrons. The van der Waals surface area contributed by atoms with Crippen LogP contribution in [0.15, 0.2) is 24.5 Å². The lowest BCUT2D eigenvalue weighted by Gasteiger charge is -2.26. The van der Waals surface area contributed by atoms with Crippen LogP contribution in [0, 0.1) is 0 Å². The van der Waals surface area contributed by atoms with Crippen LogP contribution in [0.25, 0.3) is 0 Å². The average molecular weight is 268 g/mol. The molecule has 0 bridgehead atoms. The molecule has 1 aromatic heterocycles. The molecular weight excluding hydrogens is 252 g/mol. The van der Waals surface area contributed by atoms with Gasteiger partial charge in [-0.25, -0.2) is 8.42 Å². The number of amides is 1. The van der Waals surface area contributed by atoms with E-state index in [2.05, 4.69) is 4.98 Å². The number of nitrogens with zero attached hydrogens (tertiary/aromatic N) is 2. The molecule has 1 saturated heterocycles. The van der Waals surface area contributed by atoms with Gasteiger partial charge in [-0.2, -0.15) is 0 Å². The number of hydrogen-bond acceptors (Lipinski definition) is 4. The number of sulfone groups is 1. The van der Waals surface area contributed by atoms with Crippen molar-refractivity contribution >= 4 is 15.7 Å². The average Bonchev–Trinajstić information content (AvgIpc) is 2.71. The quantitative estimate of drug-likeness (QED) is 0.810. The summed E-state index contributed by atoms with van der Waals surface area (Å²) in [7, 11) is -2.97. The first kappa shape index (κ1) is 13.0. The van der Waals surface area contributed by atoms with Gasteiger partial charge in [-0.15, -0.1) is 0 Å². The number of carbonyl (C=O) groups excluding carboxylic acids is 1. The van der Waals surface area contributed by atoms with E-state index >= 15 is 0 Å². The van der Waals surface area contributed by atoms with Crippen LogP contribution in [0.4, 0.5) is 0 Å². The number of hydrogen-bond donors (Lipinski definition) is 0. The normalized spacial score (nSPS) is 21.7. The minimum Gasteiger partial charge on any atom is -0.335 e. The molecule has 6 heteroatoms. The summed E-state index contributed by atoms with van der Waals surface area (Å²) in [6.07, 6.45) is 3.66. The van der Waals surface area contributed by atoms with Crippen molar-refractivity contribution in [2.45, 2.75) is 19.4 Å². The highest BCUT2D eigenvalue weighted by Gasteiger charge is 2.34. The Kier molecular flexibility index (Phi) is 3.65.